The van der Waals surface area contributed by atoms with Gasteiger partial charge in [-0.1, -0.05) is 18.6 Å². The van der Waals surface area contributed by atoms with Crippen molar-refractivity contribution in [3.8, 4) is 5.75 Å². The van der Waals surface area contributed by atoms with E-state index < -0.39 is 35.9 Å². The number of halogens is 3. The SMILES string of the molecule is NC(=O)c1c(NC(=O)COc2ccccc2C(F)(F)F)sc2c1CCCCC2. The van der Waals surface area contributed by atoms with Crippen LogP contribution in [-0.4, -0.2) is 18.4 Å². The summed E-state index contributed by atoms with van der Waals surface area (Å²) in [4.78, 5) is 25.2. The van der Waals surface area contributed by atoms with Crippen LogP contribution < -0.4 is 15.8 Å². The number of alkyl halides is 3. The maximum atomic E-state index is 13.0. The van der Waals surface area contributed by atoms with Crippen molar-refractivity contribution in [2.24, 2.45) is 5.73 Å². The van der Waals surface area contributed by atoms with Crippen molar-refractivity contribution in [1.29, 1.82) is 0 Å². The van der Waals surface area contributed by atoms with Gasteiger partial charge in [-0.15, -0.1) is 11.3 Å². The first-order chi connectivity index (χ1) is 13.3. The highest BCUT2D eigenvalue weighted by atomic mass is 32.1. The number of ether oxygens (including phenoxy) is 1. The molecule has 1 aromatic heterocycles. The van der Waals surface area contributed by atoms with Gasteiger partial charge in [0, 0.05) is 4.88 Å². The van der Waals surface area contributed by atoms with Crippen LogP contribution in [-0.2, 0) is 23.8 Å². The maximum absolute atomic E-state index is 13.0. The number of para-hydroxylation sites is 1. The normalized spacial score (nSPS) is 14.1. The van der Waals surface area contributed by atoms with E-state index in [1.165, 1.54) is 23.5 Å². The van der Waals surface area contributed by atoms with Gasteiger partial charge in [0.1, 0.15) is 10.8 Å². The number of carbonyl (C=O) groups is 2. The second-order valence-electron chi connectivity index (χ2n) is 6.46. The van der Waals surface area contributed by atoms with E-state index in [2.05, 4.69) is 5.32 Å². The Labute approximate surface area is 163 Å². The highest BCUT2D eigenvalue weighted by Crippen LogP contribution is 2.38. The van der Waals surface area contributed by atoms with E-state index >= 15 is 0 Å². The number of anilines is 1. The fraction of sp³-hybridized carbons (Fsp3) is 0.368. The van der Waals surface area contributed by atoms with Crippen molar-refractivity contribution in [2.75, 3.05) is 11.9 Å². The monoisotopic (exact) mass is 412 g/mol. The van der Waals surface area contributed by atoms with Gasteiger partial charge < -0.3 is 15.8 Å². The molecule has 2 aromatic rings. The summed E-state index contributed by atoms with van der Waals surface area (Å²) in [5.41, 5.74) is 5.71. The third kappa shape index (κ3) is 4.46. The molecule has 1 heterocycles. The molecule has 1 aliphatic rings. The molecule has 0 atom stereocenters. The Morgan fingerprint density at radius 2 is 1.86 bits per heavy atom. The minimum atomic E-state index is -4.59. The van der Waals surface area contributed by atoms with Crippen LogP contribution in [0.5, 0.6) is 5.75 Å². The van der Waals surface area contributed by atoms with Crippen LogP contribution in [0, 0.1) is 0 Å². The predicted octanol–water partition coefficient (Wildman–Crippen LogP) is 4.15. The lowest BCUT2D eigenvalue weighted by Gasteiger charge is -2.13. The first kappa shape index (κ1) is 20.2. The van der Waals surface area contributed by atoms with Crippen molar-refractivity contribution in [2.45, 2.75) is 38.3 Å². The molecule has 3 rings (SSSR count). The zero-order valence-electron chi connectivity index (χ0n) is 14.9. The molecule has 1 aromatic carbocycles. The average molecular weight is 412 g/mol. The number of nitrogens with two attached hydrogens (primary N) is 1. The van der Waals surface area contributed by atoms with Gasteiger partial charge in [-0.25, -0.2) is 0 Å². The summed E-state index contributed by atoms with van der Waals surface area (Å²) in [6.45, 7) is -0.617. The summed E-state index contributed by atoms with van der Waals surface area (Å²) < 4.78 is 44.1. The number of rotatable bonds is 5. The molecule has 0 unspecified atom stereocenters. The predicted molar refractivity (Wildman–Crippen MR) is 99.7 cm³/mol. The summed E-state index contributed by atoms with van der Waals surface area (Å²) in [5.74, 6) is -1.71. The molecule has 150 valence electrons. The Morgan fingerprint density at radius 1 is 1.14 bits per heavy atom. The second-order valence-corrected chi connectivity index (χ2v) is 7.57. The molecule has 3 N–H and O–H groups in total. The Hall–Kier alpha value is -2.55. The number of carbonyl (C=O) groups excluding carboxylic acids is 2. The standard InChI is InChI=1S/C19H19F3N2O3S/c20-19(21,22)12-7-4-5-8-13(12)27-10-15(25)24-18-16(17(23)26)11-6-2-1-3-9-14(11)28-18/h4-5,7-8H,1-3,6,9-10H2,(H2,23,26)(H,24,25). The molecule has 0 bridgehead atoms. The van der Waals surface area contributed by atoms with Gasteiger partial charge in [0.25, 0.3) is 11.8 Å². The minimum absolute atomic E-state index is 0.297. The average Bonchev–Trinajstić information content (AvgIpc) is 2.80. The molecule has 0 fully saturated rings. The van der Waals surface area contributed by atoms with Crippen LogP contribution in [0.4, 0.5) is 18.2 Å². The summed E-state index contributed by atoms with van der Waals surface area (Å²) >= 11 is 1.29. The fourth-order valence-electron chi connectivity index (χ4n) is 3.22. The number of thiophene rings is 1. The van der Waals surface area contributed by atoms with Crippen molar-refractivity contribution in [3.05, 3.63) is 45.8 Å². The Kier molecular flexibility index (Phi) is 5.93. The first-order valence-electron chi connectivity index (χ1n) is 8.80. The Balaban J connectivity index is 1.74. The lowest BCUT2D eigenvalue weighted by molar-refractivity contribution is -0.139. The molecule has 0 radical (unpaired) electrons. The summed E-state index contributed by atoms with van der Waals surface area (Å²) in [6, 6.07) is 4.67. The van der Waals surface area contributed by atoms with Crippen LogP contribution in [0.25, 0.3) is 0 Å². The molecule has 0 spiro atoms. The van der Waals surface area contributed by atoms with Crippen LogP contribution >= 0.6 is 11.3 Å². The zero-order valence-corrected chi connectivity index (χ0v) is 15.7. The zero-order chi connectivity index (χ0) is 20.3. The third-order valence-electron chi connectivity index (χ3n) is 4.47. The lowest BCUT2D eigenvalue weighted by Crippen LogP contribution is -2.23. The summed E-state index contributed by atoms with van der Waals surface area (Å²) in [6.07, 6.45) is -0.0580. The minimum Gasteiger partial charge on any atom is -0.483 e. The summed E-state index contributed by atoms with van der Waals surface area (Å²) in [7, 11) is 0. The van der Waals surface area contributed by atoms with Crippen LogP contribution in [0.1, 0.15) is 45.6 Å². The molecule has 0 saturated heterocycles. The van der Waals surface area contributed by atoms with Gasteiger partial charge >= 0.3 is 6.18 Å². The van der Waals surface area contributed by atoms with E-state index in [0.717, 1.165) is 54.7 Å². The quantitative estimate of drug-likeness (QED) is 0.724. The highest BCUT2D eigenvalue weighted by molar-refractivity contribution is 7.17. The molecular weight excluding hydrogens is 393 g/mol. The van der Waals surface area contributed by atoms with Gasteiger partial charge in [0.2, 0.25) is 0 Å². The molecule has 0 saturated carbocycles. The number of hydrogen-bond acceptors (Lipinski definition) is 4. The van der Waals surface area contributed by atoms with Crippen LogP contribution in [0.15, 0.2) is 24.3 Å². The van der Waals surface area contributed by atoms with Crippen molar-refractivity contribution in [1.82, 2.24) is 0 Å². The van der Waals surface area contributed by atoms with Gasteiger partial charge in [-0.3, -0.25) is 9.59 Å². The van der Waals surface area contributed by atoms with Crippen molar-refractivity contribution in [3.63, 3.8) is 0 Å². The molecule has 9 heteroatoms. The Bertz CT molecular complexity index is 893. The number of fused-ring (bicyclic) bond motifs is 1. The smallest absolute Gasteiger partial charge is 0.419 e. The lowest BCUT2D eigenvalue weighted by atomic mass is 10.1. The van der Waals surface area contributed by atoms with Crippen LogP contribution in [0.2, 0.25) is 0 Å². The number of aryl methyl sites for hydroxylation is 1. The maximum Gasteiger partial charge on any atom is 0.419 e. The molecule has 5 nitrogen and oxygen atoms in total. The van der Waals surface area contributed by atoms with E-state index in [0.29, 0.717) is 10.6 Å². The third-order valence-corrected chi connectivity index (χ3v) is 5.68. The van der Waals surface area contributed by atoms with E-state index in [1.807, 2.05) is 0 Å². The Morgan fingerprint density at radius 3 is 2.57 bits per heavy atom. The number of nitrogens with one attached hydrogen (secondary N) is 1. The van der Waals surface area contributed by atoms with Gasteiger partial charge in [0.05, 0.1) is 11.1 Å². The van der Waals surface area contributed by atoms with E-state index in [4.69, 9.17) is 10.5 Å². The number of hydrogen-bond donors (Lipinski definition) is 2. The summed E-state index contributed by atoms with van der Waals surface area (Å²) in [5, 5.41) is 2.90. The van der Waals surface area contributed by atoms with Crippen molar-refractivity contribution < 1.29 is 27.5 Å². The number of benzene rings is 1. The molecule has 1 aliphatic carbocycles. The van der Waals surface area contributed by atoms with Gasteiger partial charge in [0.15, 0.2) is 6.61 Å². The number of amides is 2. The van der Waals surface area contributed by atoms with Gasteiger partial charge in [-0.05, 0) is 43.4 Å². The molecule has 28 heavy (non-hydrogen) atoms. The van der Waals surface area contributed by atoms with E-state index in [9.17, 15) is 22.8 Å². The first-order valence-corrected chi connectivity index (χ1v) is 9.62. The topological polar surface area (TPSA) is 81.4 Å². The van der Waals surface area contributed by atoms with Gasteiger partial charge in [-0.2, -0.15) is 13.2 Å². The fourth-order valence-corrected chi connectivity index (χ4v) is 4.53. The van der Waals surface area contributed by atoms with Crippen LogP contribution in [0.3, 0.4) is 0 Å². The van der Waals surface area contributed by atoms with E-state index in [-0.39, 0.29) is 0 Å². The molecule has 2 amide bonds. The highest BCUT2D eigenvalue weighted by Gasteiger charge is 2.34. The molecular formula is C19H19F3N2O3S. The largest absolute Gasteiger partial charge is 0.483 e. The second kappa shape index (κ2) is 8.22. The van der Waals surface area contributed by atoms with Crippen molar-refractivity contribution >= 4 is 28.2 Å². The van der Waals surface area contributed by atoms with E-state index in [1.54, 1.807) is 0 Å². The molecule has 0 aliphatic heterocycles. The number of primary amides is 1.